The second-order valence-electron chi connectivity index (χ2n) is 7.38. The first-order valence-corrected chi connectivity index (χ1v) is 11.9. The van der Waals surface area contributed by atoms with Gasteiger partial charge in [0.15, 0.2) is 0 Å². The van der Waals surface area contributed by atoms with Gasteiger partial charge in [0.2, 0.25) is 0 Å². The quantitative estimate of drug-likeness (QED) is 0.175. The first kappa shape index (κ1) is 27.0. The number of aliphatic hydroxyl groups is 1. The summed E-state index contributed by atoms with van der Waals surface area (Å²) in [4.78, 5) is 21.4. The van der Waals surface area contributed by atoms with E-state index in [1.807, 2.05) is 12.2 Å². The number of aliphatic hydroxyl groups excluding tert-OH is 1. The van der Waals surface area contributed by atoms with Gasteiger partial charge >= 0.3 is 11.9 Å². The van der Waals surface area contributed by atoms with Crippen LogP contribution in [0.2, 0.25) is 0 Å². The fourth-order valence-electron chi connectivity index (χ4n) is 2.99. The predicted octanol–water partition coefficient (Wildman–Crippen LogP) is 5.66. The third kappa shape index (κ3) is 18.4. The molecule has 0 fully saturated rings. The molecule has 164 valence electrons. The molecule has 0 amide bonds. The first-order chi connectivity index (χ1) is 13.5. The number of hydrogen-bond acceptors (Lipinski definition) is 4. The number of carboxylic acid groups (broad SMARTS) is 2. The summed E-state index contributed by atoms with van der Waals surface area (Å²) >= 11 is 1.38. The summed E-state index contributed by atoms with van der Waals surface area (Å²) in [6.07, 6.45) is 17.2. The molecule has 2 unspecified atom stereocenters. The van der Waals surface area contributed by atoms with Crippen LogP contribution in [0.5, 0.6) is 0 Å². The minimum atomic E-state index is -0.928. The van der Waals surface area contributed by atoms with E-state index in [4.69, 9.17) is 10.2 Å². The SMILES string of the molecule is CCCCCCCCCCCC/C=C/C(SCCC(=O)O)C(O)CCC(=O)O. The summed E-state index contributed by atoms with van der Waals surface area (Å²) in [5.41, 5.74) is 0. The lowest BCUT2D eigenvalue weighted by atomic mass is 10.1. The molecule has 0 heterocycles. The van der Waals surface area contributed by atoms with Gasteiger partial charge in [-0.1, -0.05) is 76.9 Å². The second-order valence-corrected chi connectivity index (χ2v) is 8.66. The van der Waals surface area contributed by atoms with Crippen molar-refractivity contribution in [2.75, 3.05) is 5.75 Å². The summed E-state index contributed by atoms with van der Waals surface area (Å²) < 4.78 is 0. The van der Waals surface area contributed by atoms with Crippen LogP contribution in [0.1, 0.15) is 96.8 Å². The molecule has 0 bridgehead atoms. The van der Waals surface area contributed by atoms with Gasteiger partial charge in [0.1, 0.15) is 0 Å². The van der Waals surface area contributed by atoms with E-state index in [2.05, 4.69) is 6.92 Å². The zero-order chi connectivity index (χ0) is 21.0. The Bertz CT molecular complexity index is 425. The third-order valence-corrected chi connectivity index (χ3v) is 6.01. The number of carbonyl (C=O) groups is 2. The van der Waals surface area contributed by atoms with E-state index in [0.717, 1.165) is 12.8 Å². The summed E-state index contributed by atoms with van der Waals surface area (Å²) in [6.45, 7) is 2.24. The summed E-state index contributed by atoms with van der Waals surface area (Å²) in [5.74, 6) is -1.38. The van der Waals surface area contributed by atoms with E-state index in [1.54, 1.807) is 0 Å². The zero-order valence-electron chi connectivity index (χ0n) is 17.5. The molecule has 0 saturated carbocycles. The Morgan fingerprint density at radius 2 is 1.39 bits per heavy atom. The smallest absolute Gasteiger partial charge is 0.304 e. The first-order valence-electron chi connectivity index (χ1n) is 10.9. The van der Waals surface area contributed by atoms with E-state index in [1.165, 1.54) is 69.5 Å². The van der Waals surface area contributed by atoms with E-state index in [-0.39, 0.29) is 24.5 Å². The van der Waals surface area contributed by atoms with Gasteiger partial charge in [0.05, 0.1) is 12.5 Å². The molecule has 28 heavy (non-hydrogen) atoms. The van der Waals surface area contributed by atoms with Crippen molar-refractivity contribution >= 4 is 23.7 Å². The van der Waals surface area contributed by atoms with Gasteiger partial charge in [0, 0.05) is 17.4 Å². The molecular formula is C22H40O5S. The van der Waals surface area contributed by atoms with Crippen LogP contribution >= 0.6 is 11.8 Å². The largest absolute Gasteiger partial charge is 0.481 e. The van der Waals surface area contributed by atoms with Crippen molar-refractivity contribution in [1.29, 1.82) is 0 Å². The van der Waals surface area contributed by atoms with Crippen molar-refractivity contribution in [2.24, 2.45) is 0 Å². The Balaban J connectivity index is 3.96. The Morgan fingerprint density at radius 1 is 0.857 bits per heavy atom. The molecule has 0 aliphatic rings. The van der Waals surface area contributed by atoms with E-state index in [0.29, 0.717) is 5.75 Å². The molecule has 0 spiro atoms. The molecule has 0 aromatic rings. The number of rotatable bonds is 20. The van der Waals surface area contributed by atoms with Crippen LogP contribution in [-0.4, -0.2) is 44.4 Å². The van der Waals surface area contributed by atoms with Gasteiger partial charge in [-0.2, -0.15) is 11.8 Å². The molecule has 3 N–H and O–H groups in total. The van der Waals surface area contributed by atoms with Crippen molar-refractivity contribution in [1.82, 2.24) is 0 Å². The summed E-state index contributed by atoms with van der Waals surface area (Å²) in [6, 6.07) is 0. The topological polar surface area (TPSA) is 94.8 Å². The molecule has 0 aromatic carbocycles. The highest BCUT2D eigenvalue weighted by atomic mass is 32.2. The maximum Gasteiger partial charge on any atom is 0.304 e. The Morgan fingerprint density at radius 3 is 1.93 bits per heavy atom. The van der Waals surface area contributed by atoms with Gasteiger partial charge < -0.3 is 15.3 Å². The van der Waals surface area contributed by atoms with Gasteiger partial charge in [-0.15, -0.1) is 0 Å². The number of aliphatic carboxylic acids is 2. The van der Waals surface area contributed by atoms with Crippen LogP contribution in [0.25, 0.3) is 0 Å². The van der Waals surface area contributed by atoms with Crippen molar-refractivity contribution in [3.63, 3.8) is 0 Å². The van der Waals surface area contributed by atoms with Crippen LogP contribution in [0.15, 0.2) is 12.2 Å². The zero-order valence-corrected chi connectivity index (χ0v) is 18.3. The molecule has 0 radical (unpaired) electrons. The predicted molar refractivity (Wildman–Crippen MR) is 117 cm³/mol. The van der Waals surface area contributed by atoms with Crippen LogP contribution in [-0.2, 0) is 9.59 Å². The average molecular weight is 417 g/mol. The van der Waals surface area contributed by atoms with Crippen LogP contribution in [0.3, 0.4) is 0 Å². The molecular weight excluding hydrogens is 376 g/mol. The van der Waals surface area contributed by atoms with Crippen molar-refractivity contribution in [3.8, 4) is 0 Å². The minimum absolute atomic E-state index is 0.0408. The van der Waals surface area contributed by atoms with Crippen molar-refractivity contribution in [2.45, 2.75) is 108 Å². The Hall–Kier alpha value is -1.01. The fraction of sp³-hybridized carbons (Fsp3) is 0.818. The molecule has 0 saturated heterocycles. The Kier molecular flexibility index (Phi) is 18.6. The van der Waals surface area contributed by atoms with Crippen molar-refractivity contribution in [3.05, 3.63) is 12.2 Å². The monoisotopic (exact) mass is 416 g/mol. The van der Waals surface area contributed by atoms with E-state index >= 15 is 0 Å². The molecule has 5 nitrogen and oxygen atoms in total. The maximum absolute atomic E-state index is 10.7. The van der Waals surface area contributed by atoms with E-state index < -0.39 is 18.0 Å². The highest BCUT2D eigenvalue weighted by molar-refractivity contribution is 8.00. The number of unbranched alkanes of at least 4 members (excludes halogenated alkanes) is 10. The molecule has 0 aromatic heterocycles. The minimum Gasteiger partial charge on any atom is -0.481 e. The third-order valence-electron chi connectivity index (χ3n) is 4.71. The summed E-state index contributed by atoms with van der Waals surface area (Å²) in [7, 11) is 0. The lowest BCUT2D eigenvalue weighted by Gasteiger charge is -2.18. The number of carboxylic acids is 2. The average Bonchev–Trinajstić information content (AvgIpc) is 2.65. The fourth-order valence-corrected chi connectivity index (χ4v) is 4.14. The standard InChI is InChI=1S/C22H40O5S/c1-2-3-4-5-6-7-8-9-10-11-12-13-14-20(28-18-17-22(26)27)19(23)15-16-21(24)25/h13-14,19-20,23H,2-12,15-18H2,1H3,(H,24,25)(H,26,27)/b14-13+. The maximum atomic E-state index is 10.7. The molecule has 0 aliphatic heterocycles. The molecule has 6 heteroatoms. The van der Waals surface area contributed by atoms with Gasteiger partial charge in [0.25, 0.3) is 0 Å². The second kappa shape index (κ2) is 19.3. The molecule has 0 rings (SSSR count). The number of hydrogen-bond donors (Lipinski definition) is 3. The Labute approximate surface area is 175 Å². The van der Waals surface area contributed by atoms with Gasteiger partial charge in [-0.3, -0.25) is 9.59 Å². The lowest BCUT2D eigenvalue weighted by molar-refractivity contribution is -0.138. The van der Waals surface area contributed by atoms with Gasteiger partial charge in [-0.25, -0.2) is 0 Å². The molecule has 2 atom stereocenters. The highest BCUT2D eigenvalue weighted by Gasteiger charge is 2.18. The van der Waals surface area contributed by atoms with Crippen molar-refractivity contribution < 1.29 is 24.9 Å². The number of allylic oxidation sites excluding steroid dienone is 1. The normalized spacial score (nSPS) is 13.6. The highest BCUT2D eigenvalue weighted by Crippen LogP contribution is 2.21. The van der Waals surface area contributed by atoms with E-state index in [9.17, 15) is 14.7 Å². The summed E-state index contributed by atoms with van der Waals surface area (Å²) in [5, 5.41) is 27.5. The van der Waals surface area contributed by atoms with Crippen LogP contribution < -0.4 is 0 Å². The lowest BCUT2D eigenvalue weighted by Crippen LogP contribution is -2.23. The molecule has 0 aliphatic carbocycles. The number of thioether (sulfide) groups is 1. The van der Waals surface area contributed by atoms with Crippen LogP contribution in [0.4, 0.5) is 0 Å². The van der Waals surface area contributed by atoms with Gasteiger partial charge in [-0.05, 0) is 19.3 Å². The van der Waals surface area contributed by atoms with Crippen LogP contribution in [0, 0.1) is 0 Å².